The van der Waals surface area contributed by atoms with Crippen LogP contribution in [0.15, 0.2) is 0 Å². The highest BCUT2D eigenvalue weighted by atomic mass is 32.1. The maximum atomic E-state index is 12.4. The average molecular weight is 322 g/mol. The smallest absolute Gasteiger partial charge is 0.222 e. The molecule has 1 amide bonds. The topological polar surface area (TPSA) is 53.9 Å². The zero-order chi connectivity index (χ0) is 15.5. The number of amides is 1. The number of aromatic nitrogens is 3. The quantitative estimate of drug-likeness (QED) is 0.847. The monoisotopic (exact) mass is 322 g/mol. The second-order valence-corrected chi connectivity index (χ2v) is 7.03. The third kappa shape index (κ3) is 3.26. The Hall–Kier alpha value is -1.17. The van der Waals surface area contributed by atoms with Gasteiger partial charge in [-0.25, -0.2) is 0 Å². The third-order valence-electron chi connectivity index (χ3n) is 5.23. The van der Waals surface area contributed by atoms with E-state index in [-0.39, 0.29) is 0 Å². The van der Waals surface area contributed by atoms with Gasteiger partial charge in [0.05, 0.1) is 0 Å². The summed E-state index contributed by atoms with van der Waals surface area (Å²) in [5, 5.41) is 7.31. The molecule has 5 nitrogen and oxygen atoms in total. The molecule has 0 aromatic carbocycles. The number of hydrogen-bond acceptors (Lipinski definition) is 3. The highest BCUT2D eigenvalue weighted by molar-refractivity contribution is 7.71. The lowest BCUT2D eigenvalue weighted by Crippen LogP contribution is -2.40. The van der Waals surface area contributed by atoms with E-state index >= 15 is 0 Å². The lowest BCUT2D eigenvalue weighted by Gasteiger charge is -2.33. The molecule has 6 heteroatoms. The van der Waals surface area contributed by atoms with Crippen LogP contribution in [-0.2, 0) is 11.3 Å². The first-order valence-electron chi connectivity index (χ1n) is 8.62. The third-order valence-corrected chi connectivity index (χ3v) is 5.55. The minimum atomic E-state index is 0.314. The van der Waals surface area contributed by atoms with Gasteiger partial charge in [-0.1, -0.05) is 19.3 Å². The van der Waals surface area contributed by atoms with E-state index in [1.165, 1.54) is 19.3 Å². The normalized spacial score (nSPS) is 22.6. The first kappa shape index (κ1) is 15.7. The first-order valence-corrected chi connectivity index (χ1v) is 9.02. The van der Waals surface area contributed by atoms with Crippen LogP contribution in [-0.4, -0.2) is 38.7 Å². The summed E-state index contributed by atoms with van der Waals surface area (Å²) in [5.41, 5.74) is 0. The molecule has 1 aliphatic carbocycles. The number of piperidine rings is 1. The van der Waals surface area contributed by atoms with E-state index in [1.807, 2.05) is 4.90 Å². The van der Waals surface area contributed by atoms with Crippen LogP contribution in [0.5, 0.6) is 0 Å². The van der Waals surface area contributed by atoms with Crippen molar-refractivity contribution < 1.29 is 4.79 Å². The maximum Gasteiger partial charge on any atom is 0.222 e. The molecular weight excluding hydrogens is 296 g/mol. The predicted molar refractivity (Wildman–Crippen MR) is 88.2 cm³/mol. The van der Waals surface area contributed by atoms with Gasteiger partial charge in [0.2, 0.25) is 5.91 Å². The Morgan fingerprint density at radius 3 is 2.86 bits per heavy atom. The number of nitrogens with zero attached hydrogens (tertiary/aromatic N) is 3. The first-order chi connectivity index (χ1) is 10.7. The Kier molecular flexibility index (Phi) is 4.96. The number of hydrogen-bond donors (Lipinski definition) is 1. The van der Waals surface area contributed by atoms with Crippen LogP contribution < -0.4 is 0 Å². The number of rotatable bonds is 5. The number of aromatic amines is 1. The SMILES string of the molecule is CCn1c([C@@H]2CCCN(C(=O)CCC3CCC3)C2)n[nH]c1=S. The van der Waals surface area contributed by atoms with E-state index in [9.17, 15) is 4.79 Å². The van der Waals surface area contributed by atoms with Gasteiger partial charge in [0.25, 0.3) is 0 Å². The van der Waals surface area contributed by atoms with Crippen LogP contribution in [0.2, 0.25) is 0 Å². The van der Waals surface area contributed by atoms with Crippen LogP contribution in [0.25, 0.3) is 0 Å². The summed E-state index contributed by atoms with van der Waals surface area (Å²) < 4.78 is 2.74. The van der Waals surface area contributed by atoms with Crippen LogP contribution in [0, 0.1) is 10.7 Å². The number of nitrogens with one attached hydrogen (secondary N) is 1. The number of likely N-dealkylation sites (tertiary alicyclic amines) is 1. The zero-order valence-electron chi connectivity index (χ0n) is 13.4. The van der Waals surface area contributed by atoms with Crippen LogP contribution >= 0.6 is 12.2 Å². The number of H-pyrrole nitrogens is 1. The molecule has 1 saturated heterocycles. The van der Waals surface area contributed by atoms with Gasteiger partial charge in [-0.2, -0.15) is 5.10 Å². The summed E-state index contributed by atoms with van der Waals surface area (Å²) in [7, 11) is 0. The fraction of sp³-hybridized carbons (Fsp3) is 0.812. The van der Waals surface area contributed by atoms with Gasteiger partial charge < -0.3 is 9.47 Å². The van der Waals surface area contributed by atoms with Crippen molar-refractivity contribution in [3.63, 3.8) is 0 Å². The molecule has 1 aromatic heterocycles. The largest absolute Gasteiger partial charge is 0.342 e. The van der Waals surface area contributed by atoms with Crippen molar-refractivity contribution in [3.8, 4) is 0 Å². The van der Waals surface area contributed by atoms with E-state index in [0.717, 1.165) is 57.1 Å². The van der Waals surface area contributed by atoms with Crippen molar-refractivity contribution >= 4 is 18.1 Å². The van der Waals surface area contributed by atoms with Crippen LogP contribution in [0.1, 0.15) is 63.6 Å². The molecule has 2 fully saturated rings. The van der Waals surface area contributed by atoms with E-state index in [0.29, 0.717) is 16.6 Å². The van der Waals surface area contributed by atoms with Gasteiger partial charge in [-0.15, -0.1) is 0 Å². The Bertz CT molecular complexity index is 575. The van der Waals surface area contributed by atoms with Gasteiger partial charge >= 0.3 is 0 Å². The van der Waals surface area contributed by atoms with Crippen molar-refractivity contribution in [2.24, 2.45) is 5.92 Å². The van der Waals surface area contributed by atoms with Crippen molar-refractivity contribution in [2.75, 3.05) is 13.1 Å². The van der Waals surface area contributed by atoms with Gasteiger partial charge in [-0.05, 0) is 44.3 Å². The highest BCUT2D eigenvalue weighted by Gasteiger charge is 2.28. The van der Waals surface area contributed by atoms with E-state index in [1.54, 1.807) is 0 Å². The molecule has 22 heavy (non-hydrogen) atoms. The fourth-order valence-corrected chi connectivity index (χ4v) is 3.90. The van der Waals surface area contributed by atoms with Crippen molar-refractivity contribution in [1.29, 1.82) is 0 Å². The molecule has 0 radical (unpaired) electrons. The lowest BCUT2D eigenvalue weighted by molar-refractivity contribution is -0.132. The molecule has 0 spiro atoms. The molecule has 2 heterocycles. The highest BCUT2D eigenvalue weighted by Crippen LogP contribution is 2.31. The van der Waals surface area contributed by atoms with Crippen molar-refractivity contribution in [3.05, 3.63) is 10.6 Å². The maximum absolute atomic E-state index is 12.4. The lowest BCUT2D eigenvalue weighted by atomic mass is 9.82. The molecule has 1 N–H and O–H groups in total. The summed E-state index contributed by atoms with van der Waals surface area (Å²) in [6.07, 6.45) is 7.94. The summed E-state index contributed by atoms with van der Waals surface area (Å²) in [5.74, 6) is 2.47. The molecule has 2 aliphatic rings. The number of carbonyl (C=O) groups excluding carboxylic acids is 1. The summed E-state index contributed by atoms with van der Waals surface area (Å²) in [4.78, 5) is 14.5. The molecule has 1 atom stereocenters. The minimum absolute atomic E-state index is 0.314. The Morgan fingerprint density at radius 2 is 2.18 bits per heavy atom. The molecule has 0 bridgehead atoms. The predicted octanol–water partition coefficient (Wildman–Crippen LogP) is 3.25. The van der Waals surface area contributed by atoms with Gasteiger partial charge in [-0.3, -0.25) is 9.89 Å². The van der Waals surface area contributed by atoms with Crippen molar-refractivity contribution in [2.45, 2.75) is 64.3 Å². The summed E-state index contributed by atoms with van der Waals surface area (Å²) in [6.45, 7) is 4.61. The second kappa shape index (κ2) is 6.94. The van der Waals surface area contributed by atoms with Gasteiger partial charge in [0.15, 0.2) is 4.77 Å². The van der Waals surface area contributed by atoms with E-state index < -0.39 is 0 Å². The second-order valence-electron chi connectivity index (χ2n) is 6.65. The van der Waals surface area contributed by atoms with Gasteiger partial charge in [0, 0.05) is 32.0 Å². The molecule has 3 rings (SSSR count). The van der Waals surface area contributed by atoms with Crippen LogP contribution in [0.3, 0.4) is 0 Å². The molecule has 1 aromatic rings. The van der Waals surface area contributed by atoms with Crippen molar-refractivity contribution in [1.82, 2.24) is 19.7 Å². The number of carbonyl (C=O) groups is 1. The Morgan fingerprint density at radius 1 is 1.36 bits per heavy atom. The molecule has 122 valence electrons. The van der Waals surface area contributed by atoms with E-state index in [4.69, 9.17) is 12.2 Å². The average Bonchev–Trinajstić information content (AvgIpc) is 2.86. The Balaban J connectivity index is 1.60. The van der Waals surface area contributed by atoms with E-state index in [2.05, 4.69) is 21.7 Å². The van der Waals surface area contributed by atoms with Gasteiger partial charge in [0.1, 0.15) is 5.82 Å². The summed E-state index contributed by atoms with van der Waals surface area (Å²) in [6, 6.07) is 0. The molecular formula is C16H26N4OS. The molecule has 1 aliphatic heterocycles. The zero-order valence-corrected chi connectivity index (χ0v) is 14.2. The molecule has 1 saturated carbocycles. The van der Waals surface area contributed by atoms with Crippen LogP contribution in [0.4, 0.5) is 0 Å². The molecule has 0 unspecified atom stereocenters. The fourth-order valence-electron chi connectivity index (χ4n) is 3.63. The minimum Gasteiger partial charge on any atom is -0.342 e. The standard InChI is InChI=1S/C16H26N4OS/c1-2-20-15(17-18-16(20)22)13-7-4-10-19(11-13)14(21)9-8-12-5-3-6-12/h12-13H,2-11H2,1H3,(H,18,22)/t13-/m1/s1. The Labute approximate surface area is 137 Å². The summed E-state index contributed by atoms with van der Waals surface area (Å²) >= 11 is 5.28.